The molecule has 0 fully saturated rings. The van der Waals surface area contributed by atoms with Gasteiger partial charge in [-0.15, -0.1) is 0 Å². The normalized spacial score (nSPS) is 10.3. The average Bonchev–Trinajstić information content (AvgIpc) is 2.36. The van der Waals surface area contributed by atoms with Crippen LogP contribution in [0.3, 0.4) is 0 Å². The summed E-state index contributed by atoms with van der Waals surface area (Å²) in [5.74, 6) is -0.0769. The third-order valence-corrected chi connectivity index (χ3v) is 2.56. The Morgan fingerprint density at radius 2 is 2.15 bits per heavy atom. The number of aromatic nitrogens is 1. The summed E-state index contributed by atoms with van der Waals surface area (Å²) in [5, 5.41) is 8.52. The van der Waals surface area contributed by atoms with Crippen molar-refractivity contribution in [2.45, 2.75) is 6.92 Å². The number of hydrogen-bond donors (Lipinski definition) is 1. The van der Waals surface area contributed by atoms with Gasteiger partial charge in [0.2, 0.25) is 6.79 Å². The van der Waals surface area contributed by atoms with E-state index >= 15 is 0 Å². The van der Waals surface area contributed by atoms with Gasteiger partial charge < -0.3 is 19.3 Å². The van der Waals surface area contributed by atoms with Crippen LogP contribution in [-0.2, 0) is 4.74 Å². The molecule has 0 aliphatic carbocycles. The fraction of sp³-hybridized carbons (Fsp3) is 0.231. The first kappa shape index (κ1) is 13.9. The molecule has 2 aromatic rings. The average molecular weight is 281 g/mol. The molecule has 0 unspecified atom stereocenters. The lowest BCUT2D eigenvalue weighted by Crippen LogP contribution is -2.08. The molecule has 0 atom stereocenters. The van der Waals surface area contributed by atoms with Gasteiger partial charge in [-0.05, 0) is 6.92 Å². The minimum atomic E-state index is -1.47. The number of hydrogen-bond acceptors (Lipinski definition) is 5. The first-order valence-electron chi connectivity index (χ1n) is 5.64. The molecule has 7 heteroatoms. The van der Waals surface area contributed by atoms with Crippen molar-refractivity contribution in [1.29, 1.82) is 0 Å². The highest BCUT2D eigenvalue weighted by Gasteiger charge is 2.13. The van der Waals surface area contributed by atoms with Gasteiger partial charge in [-0.3, -0.25) is 4.98 Å². The Hall–Kier alpha value is -2.57. The molecule has 1 aromatic carbocycles. The Morgan fingerprint density at radius 1 is 1.40 bits per heavy atom. The highest BCUT2D eigenvalue weighted by Crippen LogP contribution is 2.31. The molecule has 1 heterocycles. The maximum Gasteiger partial charge on any atom is 0.508 e. The van der Waals surface area contributed by atoms with Gasteiger partial charge in [0.1, 0.15) is 17.3 Å². The second-order valence-electron chi connectivity index (χ2n) is 3.94. The van der Waals surface area contributed by atoms with Crippen LogP contribution >= 0.6 is 0 Å². The Kier molecular flexibility index (Phi) is 3.88. The Bertz CT molecular complexity index is 659. The van der Waals surface area contributed by atoms with Crippen LogP contribution in [0.5, 0.6) is 11.5 Å². The molecule has 1 N–H and O–H groups in total. The van der Waals surface area contributed by atoms with Gasteiger partial charge in [0.15, 0.2) is 0 Å². The van der Waals surface area contributed by atoms with Crippen molar-refractivity contribution in [2.24, 2.45) is 0 Å². The molecule has 0 radical (unpaired) electrons. The van der Waals surface area contributed by atoms with Gasteiger partial charge in [-0.25, -0.2) is 9.18 Å². The summed E-state index contributed by atoms with van der Waals surface area (Å²) in [5.41, 5.74) is 0.947. The van der Waals surface area contributed by atoms with Crippen molar-refractivity contribution in [2.75, 3.05) is 13.9 Å². The lowest BCUT2D eigenvalue weighted by molar-refractivity contribution is 0.0266. The van der Waals surface area contributed by atoms with Gasteiger partial charge in [0.05, 0.1) is 18.0 Å². The summed E-state index contributed by atoms with van der Waals surface area (Å²) in [6.07, 6.45) is -1.47. The fourth-order valence-electron chi connectivity index (χ4n) is 1.76. The van der Waals surface area contributed by atoms with Crippen LogP contribution < -0.4 is 9.47 Å². The van der Waals surface area contributed by atoms with Crippen molar-refractivity contribution in [3.8, 4) is 11.5 Å². The molecule has 20 heavy (non-hydrogen) atoms. The Labute approximate surface area is 113 Å². The SMILES string of the molecule is COc1cc(F)c2c(OCOC(=O)O)cc(C)nc2c1. The van der Waals surface area contributed by atoms with Crippen LogP contribution in [0.1, 0.15) is 5.69 Å². The number of fused-ring (bicyclic) bond motifs is 1. The van der Waals surface area contributed by atoms with Gasteiger partial charge in [0, 0.05) is 23.9 Å². The lowest BCUT2D eigenvalue weighted by atomic mass is 10.1. The van der Waals surface area contributed by atoms with Crippen LogP contribution in [0, 0.1) is 12.7 Å². The van der Waals surface area contributed by atoms with E-state index in [4.69, 9.17) is 14.6 Å². The number of pyridine rings is 1. The zero-order valence-corrected chi connectivity index (χ0v) is 10.8. The number of ether oxygens (including phenoxy) is 3. The van der Waals surface area contributed by atoms with Crippen molar-refractivity contribution in [3.05, 3.63) is 29.7 Å². The Morgan fingerprint density at radius 3 is 2.80 bits per heavy atom. The number of halogens is 1. The van der Waals surface area contributed by atoms with Gasteiger partial charge in [-0.1, -0.05) is 0 Å². The minimum Gasteiger partial charge on any atom is -0.497 e. The molecular formula is C13H12FNO5. The molecular weight excluding hydrogens is 269 g/mol. The third kappa shape index (κ3) is 2.87. The quantitative estimate of drug-likeness (QED) is 0.685. The van der Waals surface area contributed by atoms with Crippen molar-refractivity contribution >= 4 is 17.1 Å². The summed E-state index contributed by atoms with van der Waals surface area (Å²) >= 11 is 0. The summed E-state index contributed by atoms with van der Waals surface area (Å²) in [6.45, 7) is 1.18. The van der Waals surface area contributed by atoms with Crippen LogP contribution in [0.4, 0.5) is 9.18 Å². The first-order chi connectivity index (χ1) is 9.51. The minimum absolute atomic E-state index is 0.144. The van der Waals surface area contributed by atoms with Gasteiger partial charge in [0.25, 0.3) is 0 Å². The number of benzene rings is 1. The standard InChI is InChI=1S/C13H12FNO5/c1-7-3-11(19-6-20-13(16)17)12-9(14)4-8(18-2)5-10(12)15-7/h3-5H,6H2,1-2H3,(H,16,17). The van der Waals surface area contributed by atoms with Crippen LogP contribution in [0.25, 0.3) is 10.9 Å². The molecule has 6 nitrogen and oxygen atoms in total. The maximum absolute atomic E-state index is 14.1. The second kappa shape index (κ2) is 5.60. The molecule has 106 valence electrons. The fourth-order valence-corrected chi connectivity index (χ4v) is 1.76. The van der Waals surface area contributed by atoms with E-state index in [1.165, 1.54) is 19.2 Å². The summed E-state index contributed by atoms with van der Waals surface area (Å²) in [6, 6.07) is 4.27. The van der Waals surface area contributed by atoms with Gasteiger partial charge in [-0.2, -0.15) is 0 Å². The molecule has 0 saturated carbocycles. The van der Waals surface area contributed by atoms with E-state index in [1.807, 2.05) is 0 Å². The number of methoxy groups -OCH3 is 1. The number of nitrogens with zero attached hydrogens (tertiary/aromatic N) is 1. The molecule has 0 aliphatic rings. The zero-order valence-electron chi connectivity index (χ0n) is 10.8. The van der Waals surface area contributed by atoms with Crippen LogP contribution in [-0.4, -0.2) is 30.1 Å². The molecule has 2 rings (SSSR count). The lowest BCUT2D eigenvalue weighted by Gasteiger charge is -2.11. The molecule has 0 amide bonds. The molecule has 0 saturated heterocycles. The van der Waals surface area contributed by atoms with E-state index < -0.39 is 18.8 Å². The van der Waals surface area contributed by atoms with E-state index in [9.17, 15) is 9.18 Å². The monoisotopic (exact) mass is 281 g/mol. The predicted octanol–water partition coefficient (Wildman–Crippen LogP) is 2.72. The molecule has 0 aliphatic heterocycles. The third-order valence-electron chi connectivity index (χ3n) is 2.56. The van der Waals surface area contributed by atoms with Crippen molar-refractivity contribution in [3.63, 3.8) is 0 Å². The molecule has 0 spiro atoms. The maximum atomic E-state index is 14.1. The van der Waals surface area contributed by atoms with E-state index in [1.54, 1.807) is 13.0 Å². The highest BCUT2D eigenvalue weighted by molar-refractivity contribution is 5.87. The molecule has 1 aromatic heterocycles. The van der Waals surface area contributed by atoms with E-state index in [0.29, 0.717) is 17.0 Å². The largest absolute Gasteiger partial charge is 0.508 e. The summed E-state index contributed by atoms with van der Waals surface area (Å²) in [4.78, 5) is 14.5. The number of rotatable bonds is 4. The second-order valence-corrected chi connectivity index (χ2v) is 3.94. The molecule has 0 bridgehead atoms. The summed E-state index contributed by atoms with van der Waals surface area (Å²) < 4.78 is 28.4. The number of carboxylic acid groups (broad SMARTS) is 1. The Balaban J connectivity index is 2.45. The number of carbonyl (C=O) groups is 1. The smallest absolute Gasteiger partial charge is 0.497 e. The topological polar surface area (TPSA) is 77.9 Å². The van der Waals surface area contributed by atoms with E-state index in [2.05, 4.69) is 9.72 Å². The predicted molar refractivity (Wildman–Crippen MR) is 67.6 cm³/mol. The number of aryl methyl sites for hydroxylation is 1. The zero-order chi connectivity index (χ0) is 14.7. The highest BCUT2D eigenvalue weighted by atomic mass is 19.1. The van der Waals surface area contributed by atoms with E-state index in [-0.39, 0.29) is 11.1 Å². The summed E-state index contributed by atoms with van der Waals surface area (Å²) in [7, 11) is 1.43. The van der Waals surface area contributed by atoms with E-state index in [0.717, 1.165) is 0 Å². The van der Waals surface area contributed by atoms with Crippen molar-refractivity contribution in [1.82, 2.24) is 4.98 Å². The van der Waals surface area contributed by atoms with Crippen molar-refractivity contribution < 1.29 is 28.5 Å². The first-order valence-corrected chi connectivity index (χ1v) is 5.64. The van der Waals surface area contributed by atoms with Crippen LogP contribution in [0.15, 0.2) is 18.2 Å². The van der Waals surface area contributed by atoms with Crippen LogP contribution in [0.2, 0.25) is 0 Å². The van der Waals surface area contributed by atoms with Gasteiger partial charge >= 0.3 is 6.16 Å².